The minimum Gasteiger partial charge on any atom is -0.483 e. The number of hydrogen-bond acceptors (Lipinski definition) is 4. The standard InChI is InChI=1S/C14H13F2NO4/c15-8-1-4-13(11(16)5-8)20-7-10-3-2-9(21-10)6-12(17)14(18)19/h1-5,12H,6-7,17H2,(H,18,19). The van der Waals surface area contributed by atoms with Gasteiger partial charge in [0.05, 0.1) is 0 Å². The van der Waals surface area contributed by atoms with Crippen LogP contribution in [0.2, 0.25) is 0 Å². The van der Waals surface area contributed by atoms with Crippen LogP contribution >= 0.6 is 0 Å². The lowest BCUT2D eigenvalue weighted by Gasteiger charge is -2.06. The van der Waals surface area contributed by atoms with Crippen molar-refractivity contribution in [1.82, 2.24) is 0 Å². The quantitative estimate of drug-likeness (QED) is 0.852. The lowest BCUT2D eigenvalue weighted by Crippen LogP contribution is -2.32. The first-order chi connectivity index (χ1) is 9.95. The number of carboxylic acid groups (broad SMARTS) is 1. The Hall–Kier alpha value is -2.41. The fraction of sp³-hybridized carbons (Fsp3) is 0.214. The average Bonchev–Trinajstić information content (AvgIpc) is 2.85. The van der Waals surface area contributed by atoms with E-state index < -0.39 is 23.6 Å². The van der Waals surface area contributed by atoms with E-state index in [1.807, 2.05) is 0 Å². The van der Waals surface area contributed by atoms with E-state index in [0.717, 1.165) is 12.1 Å². The second kappa shape index (κ2) is 6.36. The smallest absolute Gasteiger partial charge is 0.320 e. The van der Waals surface area contributed by atoms with Crippen LogP contribution in [0.3, 0.4) is 0 Å². The van der Waals surface area contributed by atoms with Gasteiger partial charge in [0.1, 0.15) is 30.0 Å². The molecule has 2 aromatic rings. The summed E-state index contributed by atoms with van der Waals surface area (Å²) in [6.45, 7) is -0.0646. The van der Waals surface area contributed by atoms with E-state index in [1.165, 1.54) is 6.07 Å². The van der Waals surface area contributed by atoms with E-state index in [-0.39, 0.29) is 18.8 Å². The summed E-state index contributed by atoms with van der Waals surface area (Å²) in [6.07, 6.45) is 0.0419. The van der Waals surface area contributed by atoms with Crippen LogP contribution in [0.25, 0.3) is 0 Å². The maximum absolute atomic E-state index is 13.3. The van der Waals surface area contributed by atoms with Gasteiger partial charge in [0.2, 0.25) is 0 Å². The number of hydrogen-bond donors (Lipinski definition) is 2. The van der Waals surface area contributed by atoms with Crippen molar-refractivity contribution >= 4 is 5.97 Å². The molecule has 1 atom stereocenters. The largest absolute Gasteiger partial charge is 0.483 e. The predicted molar refractivity (Wildman–Crippen MR) is 68.7 cm³/mol. The Labute approximate surface area is 118 Å². The van der Waals surface area contributed by atoms with Gasteiger partial charge in [-0.15, -0.1) is 0 Å². The highest BCUT2D eigenvalue weighted by Crippen LogP contribution is 2.19. The Bertz CT molecular complexity index is 642. The van der Waals surface area contributed by atoms with Gasteiger partial charge in [-0.25, -0.2) is 8.78 Å². The monoisotopic (exact) mass is 297 g/mol. The molecule has 0 bridgehead atoms. The van der Waals surface area contributed by atoms with E-state index >= 15 is 0 Å². The summed E-state index contributed by atoms with van der Waals surface area (Å²) in [5.74, 6) is -1.96. The average molecular weight is 297 g/mol. The molecule has 5 nitrogen and oxygen atoms in total. The van der Waals surface area contributed by atoms with Crippen molar-refractivity contribution in [1.29, 1.82) is 0 Å². The number of ether oxygens (including phenoxy) is 1. The summed E-state index contributed by atoms with van der Waals surface area (Å²) in [7, 11) is 0. The molecular formula is C14H13F2NO4. The Kier molecular flexibility index (Phi) is 4.54. The molecule has 0 saturated carbocycles. The molecule has 0 aliphatic rings. The predicted octanol–water partition coefficient (Wildman–Crippen LogP) is 2.09. The zero-order valence-corrected chi connectivity index (χ0v) is 10.9. The number of carbonyl (C=O) groups is 1. The topological polar surface area (TPSA) is 85.7 Å². The third-order valence-electron chi connectivity index (χ3n) is 2.72. The van der Waals surface area contributed by atoms with Gasteiger partial charge in [-0.3, -0.25) is 4.79 Å². The minimum absolute atomic E-state index is 0.0419. The summed E-state index contributed by atoms with van der Waals surface area (Å²) < 4.78 is 36.6. The summed E-state index contributed by atoms with van der Waals surface area (Å²) >= 11 is 0. The highest BCUT2D eigenvalue weighted by Gasteiger charge is 2.15. The molecule has 0 aliphatic carbocycles. The van der Waals surface area contributed by atoms with E-state index in [4.69, 9.17) is 20.0 Å². The molecule has 112 valence electrons. The molecule has 7 heteroatoms. The molecular weight excluding hydrogens is 284 g/mol. The van der Waals surface area contributed by atoms with Crippen LogP contribution in [0.5, 0.6) is 5.75 Å². The molecule has 0 saturated heterocycles. The van der Waals surface area contributed by atoms with Crippen LogP contribution in [0.15, 0.2) is 34.7 Å². The fourth-order valence-corrected chi connectivity index (χ4v) is 1.65. The third kappa shape index (κ3) is 4.03. The van der Waals surface area contributed by atoms with Crippen molar-refractivity contribution in [3.05, 3.63) is 53.5 Å². The molecule has 0 aliphatic heterocycles. The molecule has 1 aromatic carbocycles. The van der Waals surface area contributed by atoms with Gasteiger partial charge in [0.15, 0.2) is 11.6 Å². The van der Waals surface area contributed by atoms with E-state index in [2.05, 4.69) is 0 Å². The summed E-state index contributed by atoms with van der Waals surface area (Å²) in [5, 5.41) is 8.69. The van der Waals surface area contributed by atoms with Crippen molar-refractivity contribution in [2.45, 2.75) is 19.1 Å². The second-order valence-corrected chi connectivity index (χ2v) is 4.38. The molecule has 0 spiro atoms. The third-order valence-corrected chi connectivity index (χ3v) is 2.72. The van der Waals surface area contributed by atoms with Gasteiger partial charge in [-0.1, -0.05) is 0 Å². The van der Waals surface area contributed by atoms with Crippen LogP contribution in [0.4, 0.5) is 8.78 Å². The van der Waals surface area contributed by atoms with Crippen molar-refractivity contribution < 1.29 is 27.8 Å². The van der Waals surface area contributed by atoms with Crippen LogP contribution in [-0.2, 0) is 17.8 Å². The lowest BCUT2D eigenvalue weighted by molar-refractivity contribution is -0.138. The first-order valence-corrected chi connectivity index (χ1v) is 6.09. The Morgan fingerprint density at radius 1 is 1.29 bits per heavy atom. The number of benzene rings is 1. The zero-order chi connectivity index (χ0) is 15.4. The van der Waals surface area contributed by atoms with Crippen LogP contribution in [-0.4, -0.2) is 17.1 Å². The highest BCUT2D eigenvalue weighted by molar-refractivity contribution is 5.73. The minimum atomic E-state index is -1.13. The van der Waals surface area contributed by atoms with E-state index in [0.29, 0.717) is 11.5 Å². The van der Waals surface area contributed by atoms with Gasteiger partial charge >= 0.3 is 5.97 Å². The summed E-state index contributed by atoms with van der Waals surface area (Å²) in [4.78, 5) is 10.6. The van der Waals surface area contributed by atoms with E-state index in [1.54, 1.807) is 12.1 Å². The van der Waals surface area contributed by atoms with Crippen molar-refractivity contribution in [3.8, 4) is 5.75 Å². The van der Waals surface area contributed by atoms with Gasteiger partial charge in [-0.2, -0.15) is 0 Å². The van der Waals surface area contributed by atoms with Crippen molar-refractivity contribution in [3.63, 3.8) is 0 Å². The molecule has 0 fully saturated rings. The summed E-state index contributed by atoms with van der Waals surface area (Å²) in [5.41, 5.74) is 5.38. The van der Waals surface area contributed by atoms with Gasteiger partial charge < -0.3 is 20.0 Å². The number of furan rings is 1. The van der Waals surface area contributed by atoms with Crippen molar-refractivity contribution in [2.75, 3.05) is 0 Å². The molecule has 3 N–H and O–H groups in total. The molecule has 1 heterocycles. The SMILES string of the molecule is NC(Cc1ccc(COc2ccc(F)cc2F)o1)C(=O)O. The molecule has 0 radical (unpaired) electrons. The first kappa shape index (κ1) is 15.0. The molecule has 1 aromatic heterocycles. The van der Waals surface area contributed by atoms with Crippen LogP contribution < -0.4 is 10.5 Å². The van der Waals surface area contributed by atoms with Crippen LogP contribution in [0, 0.1) is 11.6 Å². The maximum Gasteiger partial charge on any atom is 0.320 e. The number of nitrogens with two attached hydrogens (primary N) is 1. The normalized spacial score (nSPS) is 12.1. The molecule has 21 heavy (non-hydrogen) atoms. The maximum atomic E-state index is 13.3. The molecule has 0 amide bonds. The van der Waals surface area contributed by atoms with Gasteiger partial charge in [0, 0.05) is 12.5 Å². The Morgan fingerprint density at radius 3 is 2.67 bits per heavy atom. The fourth-order valence-electron chi connectivity index (χ4n) is 1.65. The van der Waals surface area contributed by atoms with Gasteiger partial charge in [0.25, 0.3) is 0 Å². The summed E-state index contributed by atoms with van der Waals surface area (Å²) in [6, 6.07) is 5.06. The number of rotatable bonds is 6. The molecule has 1 unspecified atom stereocenters. The van der Waals surface area contributed by atoms with Crippen molar-refractivity contribution in [2.24, 2.45) is 5.73 Å². The van der Waals surface area contributed by atoms with Crippen LogP contribution in [0.1, 0.15) is 11.5 Å². The van der Waals surface area contributed by atoms with E-state index in [9.17, 15) is 13.6 Å². The molecule has 2 rings (SSSR count). The zero-order valence-electron chi connectivity index (χ0n) is 10.9. The highest BCUT2D eigenvalue weighted by atomic mass is 19.1. The lowest BCUT2D eigenvalue weighted by atomic mass is 10.2. The number of aliphatic carboxylic acids is 1. The second-order valence-electron chi connectivity index (χ2n) is 4.38. The first-order valence-electron chi connectivity index (χ1n) is 6.09. The van der Waals surface area contributed by atoms with Gasteiger partial charge in [-0.05, 0) is 24.3 Å². The Morgan fingerprint density at radius 2 is 2.00 bits per heavy atom. The number of halogens is 2. The Balaban J connectivity index is 1.95. The number of carboxylic acids is 1.